The Labute approximate surface area is 156 Å². The third-order valence-corrected chi connectivity index (χ3v) is 5.88. The second-order valence-corrected chi connectivity index (χ2v) is 7.88. The van der Waals surface area contributed by atoms with E-state index in [9.17, 15) is 4.79 Å². The lowest BCUT2D eigenvalue weighted by molar-refractivity contribution is 0.0676. The van der Waals surface area contributed by atoms with Crippen LogP contribution in [0.25, 0.3) is 11.0 Å². The molecule has 136 valence electrons. The topological polar surface area (TPSA) is 87.9 Å². The third kappa shape index (κ3) is 3.31. The molecule has 1 amide bonds. The number of para-hydroxylation sites is 2. The molecular formula is C19H23N5OS. The zero-order valence-corrected chi connectivity index (χ0v) is 15.7. The molecule has 26 heavy (non-hydrogen) atoms. The molecule has 6 nitrogen and oxygen atoms in total. The van der Waals surface area contributed by atoms with Crippen LogP contribution in [0.3, 0.4) is 0 Å². The van der Waals surface area contributed by atoms with Gasteiger partial charge in [-0.1, -0.05) is 30.4 Å². The molecule has 3 N–H and O–H groups in total. The van der Waals surface area contributed by atoms with Crippen LogP contribution in [0.4, 0.5) is 5.13 Å². The fraction of sp³-hybridized carbons (Fsp3) is 0.421. The number of aromatic nitrogens is 3. The molecule has 1 saturated heterocycles. The lowest BCUT2D eigenvalue weighted by Gasteiger charge is -2.32. The summed E-state index contributed by atoms with van der Waals surface area (Å²) in [6.07, 6.45) is 3.73. The van der Waals surface area contributed by atoms with E-state index in [-0.39, 0.29) is 5.91 Å². The van der Waals surface area contributed by atoms with Crippen molar-refractivity contribution in [3.05, 3.63) is 40.7 Å². The number of nitrogen functional groups attached to an aromatic ring is 1. The Bertz CT molecular complexity index is 898. The number of amides is 1. The van der Waals surface area contributed by atoms with Crippen LogP contribution in [0, 0.1) is 5.92 Å². The van der Waals surface area contributed by atoms with Crippen molar-refractivity contribution >= 4 is 33.4 Å². The number of aromatic amines is 1. The van der Waals surface area contributed by atoms with Gasteiger partial charge in [-0.3, -0.25) is 4.79 Å². The van der Waals surface area contributed by atoms with E-state index in [1.54, 1.807) is 0 Å². The summed E-state index contributed by atoms with van der Waals surface area (Å²) in [4.78, 5) is 28.0. The maximum Gasteiger partial charge on any atom is 0.265 e. The number of imidazole rings is 1. The Kier molecular flexibility index (Phi) is 4.63. The summed E-state index contributed by atoms with van der Waals surface area (Å²) in [5.74, 6) is 1.50. The van der Waals surface area contributed by atoms with Gasteiger partial charge < -0.3 is 15.6 Å². The van der Waals surface area contributed by atoms with Crippen LogP contribution in [0.1, 0.15) is 41.0 Å². The van der Waals surface area contributed by atoms with Gasteiger partial charge in [0.25, 0.3) is 5.91 Å². The van der Waals surface area contributed by atoms with Crippen LogP contribution >= 0.6 is 11.3 Å². The highest BCUT2D eigenvalue weighted by atomic mass is 32.1. The second kappa shape index (κ2) is 7.07. The van der Waals surface area contributed by atoms with Crippen LogP contribution in [-0.4, -0.2) is 38.8 Å². The fourth-order valence-electron chi connectivity index (χ4n) is 3.71. The first-order valence-electron chi connectivity index (χ1n) is 9.12. The number of aryl methyl sites for hydroxylation is 1. The zero-order chi connectivity index (χ0) is 18.1. The van der Waals surface area contributed by atoms with Gasteiger partial charge in [-0.15, -0.1) is 0 Å². The zero-order valence-electron chi connectivity index (χ0n) is 14.9. The predicted octanol–water partition coefficient (Wildman–Crippen LogP) is 3.26. The largest absolute Gasteiger partial charge is 0.375 e. The summed E-state index contributed by atoms with van der Waals surface area (Å²) >= 11 is 1.31. The molecule has 3 aromatic rings. The van der Waals surface area contributed by atoms with Crippen molar-refractivity contribution in [2.24, 2.45) is 5.92 Å². The molecule has 3 heterocycles. The number of piperidine rings is 1. The highest BCUT2D eigenvalue weighted by Crippen LogP contribution is 2.27. The van der Waals surface area contributed by atoms with Gasteiger partial charge in [-0.25, -0.2) is 9.97 Å². The maximum absolute atomic E-state index is 12.9. The number of benzene rings is 1. The molecule has 7 heteroatoms. The Balaban J connectivity index is 1.47. The molecule has 0 bridgehead atoms. The number of H-pyrrole nitrogens is 1. The van der Waals surface area contributed by atoms with Crippen LogP contribution in [0.5, 0.6) is 0 Å². The molecule has 1 atom stereocenters. The number of thiazole rings is 1. The highest BCUT2D eigenvalue weighted by molar-refractivity contribution is 7.17. The monoisotopic (exact) mass is 369 g/mol. The number of carbonyl (C=O) groups is 1. The second-order valence-electron chi connectivity index (χ2n) is 6.85. The van der Waals surface area contributed by atoms with E-state index >= 15 is 0 Å². The van der Waals surface area contributed by atoms with Crippen molar-refractivity contribution in [3.63, 3.8) is 0 Å². The standard InChI is InChI=1S/C19H23N5OS/c1-2-13-17(26-19(20)23-13)18(25)24-9-5-6-12(11-24)10-16-21-14-7-3-4-8-15(14)22-16/h3-4,7-8,12H,2,5-6,9-11H2,1H3,(H2,20,23)(H,21,22)/t12-/m0/s1. The number of nitrogens with two attached hydrogens (primary N) is 1. The summed E-state index contributed by atoms with van der Waals surface area (Å²) in [5, 5.41) is 0.473. The number of likely N-dealkylation sites (tertiary alicyclic amines) is 1. The minimum Gasteiger partial charge on any atom is -0.375 e. The lowest BCUT2D eigenvalue weighted by atomic mass is 9.94. The average Bonchev–Trinajstić information content (AvgIpc) is 3.23. The van der Waals surface area contributed by atoms with E-state index in [0.29, 0.717) is 15.9 Å². The Morgan fingerprint density at radius 1 is 1.38 bits per heavy atom. The average molecular weight is 369 g/mol. The predicted molar refractivity (Wildman–Crippen MR) is 104 cm³/mol. The Morgan fingerprint density at radius 3 is 3.04 bits per heavy atom. The molecule has 0 spiro atoms. The van der Waals surface area contributed by atoms with Gasteiger partial charge in [0.15, 0.2) is 5.13 Å². The summed E-state index contributed by atoms with van der Waals surface area (Å²) in [6, 6.07) is 8.08. The molecular weight excluding hydrogens is 346 g/mol. The number of carbonyl (C=O) groups excluding carboxylic acids is 1. The first-order valence-corrected chi connectivity index (χ1v) is 9.93. The maximum atomic E-state index is 12.9. The van der Waals surface area contributed by atoms with Crippen molar-refractivity contribution in [2.45, 2.75) is 32.6 Å². The summed E-state index contributed by atoms with van der Waals surface area (Å²) in [6.45, 7) is 3.57. The van der Waals surface area contributed by atoms with Crippen LogP contribution < -0.4 is 5.73 Å². The highest BCUT2D eigenvalue weighted by Gasteiger charge is 2.28. The molecule has 0 radical (unpaired) electrons. The first kappa shape index (κ1) is 17.0. The van der Waals surface area contributed by atoms with Gasteiger partial charge in [-0.2, -0.15) is 0 Å². The SMILES string of the molecule is CCc1nc(N)sc1C(=O)N1CCC[C@@H](Cc2nc3ccccc3[nH]2)C1. The van der Waals surface area contributed by atoms with Gasteiger partial charge in [-0.05, 0) is 37.3 Å². The number of rotatable bonds is 4. The molecule has 0 unspecified atom stereocenters. The first-order chi connectivity index (χ1) is 12.6. The molecule has 1 aliphatic rings. The third-order valence-electron chi connectivity index (χ3n) is 4.97. The number of hydrogen-bond acceptors (Lipinski definition) is 5. The molecule has 1 aliphatic heterocycles. The van der Waals surface area contributed by atoms with Crippen LogP contribution in [0.15, 0.2) is 24.3 Å². The normalized spacial score (nSPS) is 17.7. The number of fused-ring (bicyclic) bond motifs is 1. The van der Waals surface area contributed by atoms with E-state index < -0.39 is 0 Å². The van der Waals surface area contributed by atoms with Crippen LogP contribution in [0.2, 0.25) is 0 Å². The number of nitrogens with zero attached hydrogens (tertiary/aromatic N) is 3. The smallest absolute Gasteiger partial charge is 0.265 e. The molecule has 1 aromatic carbocycles. The Morgan fingerprint density at radius 2 is 2.23 bits per heavy atom. The fourth-order valence-corrected chi connectivity index (χ4v) is 4.60. The van der Waals surface area contributed by atoms with Gasteiger partial charge in [0.05, 0.1) is 16.7 Å². The molecule has 4 rings (SSSR count). The van der Waals surface area contributed by atoms with E-state index in [4.69, 9.17) is 5.73 Å². The van der Waals surface area contributed by atoms with E-state index in [2.05, 4.69) is 15.0 Å². The van der Waals surface area contributed by atoms with Gasteiger partial charge >= 0.3 is 0 Å². The molecule has 1 fully saturated rings. The summed E-state index contributed by atoms with van der Waals surface area (Å²) in [7, 11) is 0. The summed E-state index contributed by atoms with van der Waals surface area (Å²) < 4.78 is 0. The quantitative estimate of drug-likeness (QED) is 0.739. The van der Waals surface area contributed by atoms with Crippen molar-refractivity contribution in [1.82, 2.24) is 19.9 Å². The minimum atomic E-state index is 0.0744. The van der Waals surface area contributed by atoms with Gasteiger partial charge in [0.1, 0.15) is 10.7 Å². The van der Waals surface area contributed by atoms with Crippen molar-refractivity contribution in [2.75, 3.05) is 18.8 Å². The van der Waals surface area contributed by atoms with Gasteiger partial charge in [0, 0.05) is 19.5 Å². The molecule has 0 aliphatic carbocycles. The molecule has 0 saturated carbocycles. The number of anilines is 1. The minimum absolute atomic E-state index is 0.0744. The van der Waals surface area contributed by atoms with Crippen molar-refractivity contribution in [1.29, 1.82) is 0 Å². The molecule has 2 aromatic heterocycles. The van der Waals surface area contributed by atoms with Crippen molar-refractivity contribution < 1.29 is 4.79 Å². The Hall–Kier alpha value is -2.41. The van der Waals surface area contributed by atoms with E-state index in [0.717, 1.165) is 61.3 Å². The lowest BCUT2D eigenvalue weighted by Crippen LogP contribution is -2.40. The van der Waals surface area contributed by atoms with Crippen molar-refractivity contribution in [3.8, 4) is 0 Å². The van der Waals surface area contributed by atoms with E-state index in [1.807, 2.05) is 36.1 Å². The number of nitrogens with one attached hydrogen (secondary N) is 1. The summed E-state index contributed by atoms with van der Waals surface area (Å²) in [5.41, 5.74) is 8.70. The number of hydrogen-bond donors (Lipinski definition) is 2. The van der Waals surface area contributed by atoms with Gasteiger partial charge in [0.2, 0.25) is 0 Å². The van der Waals surface area contributed by atoms with E-state index in [1.165, 1.54) is 11.3 Å². The van der Waals surface area contributed by atoms with Crippen LogP contribution in [-0.2, 0) is 12.8 Å².